The first-order valence-electron chi connectivity index (χ1n) is 6.79. The van der Waals surface area contributed by atoms with Gasteiger partial charge < -0.3 is 0 Å². The van der Waals surface area contributed by atoms with E-state index in [4.69, 9.17) is 0 Å². The summed E-state index contributed by atoms with van der Waals surface area (Å²) in [4.78, 5) is 3.65. The van der Waals surface area contributed by atoms with E-state index in [0.29, 0.717) is 12.5 Å². The molecule has 0 atom stereocenters. The largest absolute Gasteiger partial charge is 0.265 e. The molecule has 0 radical (unpaired) electrons. The molecule has 118 valence electrons. The molecule has 0 unspecified atom stereocenters. The molecule has 2 rings (SSSR count). The van der Waals surface area contributed by atoms with Gasteiger partial charge in [0.2, 0.25) is 10.0 Å². The smallest absolute Gasteiger partial charge is 0.243 e. The number of likely N-dealkylation sites (N-methyl/N-ethyl adjacent to an activating group) is 1. The molecule has 0 N–H and O–H groups in total. The van der Waals surface area contributed by atoms with Crippen molar-refractivity contribution < 1.29 is 17.2 Å². The van der Waals surface area contributed by atoms with Gasteiger partial charge >= 0.3 is 0 Å². The highest BCUT2D eigenvalue weighted by Crippen LogP contribution is 2.18. The van der Waals surface area contributed by atoms with Crippen LogP contribution in [0.2, 0.25) is 0 Å². The molecule has 0 aliphatic rings. The van der Waals surface area contributed by atoms with Crippen molar-refractivity contribution in [3.05, 3.63) is 59.9 Å². The molecule has 0 aliphatic heterocycles. The second-order valence-electron chi connectivity index (χ2n) is 4.68. The van der Waals surface area contributed by atoms with Gasteiger partial charge in [-0.05, 0) is 42.3 Å². The van der Waals surface area contributed by atoms with Crippen molar-refractivity contribution in [2.24, 2.45) is 0 Å². The zero-order chi connectivity index (χ0) is 16.2. The molecule has 0 amide bonds. The number of aromatic nitrogens is 1. The SMILES string of the molecule is CCN(CCc1ccncc1)S(=O)(=O)c1ccc(F)c(F)c1. The standard InChI is InChI=1S/C15H16F2N2O2S/c1-2-19(10-7-12-5-8-18-9-6-12)22(20,21)13-3-4-14(16)15(17)11-13/h3-6,8-9,11H,2,7,10H2,1H3. The minimum absolute atomic E-state index is 0.242. The highest BCUT2D eigenvalue weighted by Gasteiger charge is 2.24. The summed E-state index contributed by atoms with van der Waals surface area (Å²) in [5.74, 6) is -2.25. The first kappa shape index (κ1) is 16.5. The summed E-state index contributed by atoms with van der Waals surface area (Å²) in [6.45, 7) is 2.19. The summed E-state index contributed by atoms with van der Waals surface area (Å²) >= 11 is 0. The zero-order valence-electron chi connectivity index (χ0n) is 12.0. The predicted octanol–water partition coefficient (Wildman–Crippen LogP) is 2.61. The van der Waals surface area contributed by atoms with Crippen molar-refractivity contribution in [1.82, 2.24) is 9.29 Å². The van der Waals surface area contributed by atoms with Crippen LogP contribution in [0.15, 0.2) is 47.6 Å². The fourth-order valence-corrected chi connectivity index (χ4v) is 3.50. The van der Waals surface area contributed by atoms with Crippen LogP contribution in [0, 0.1) is 11.6 Å². The number of hydrogen-bond donors (Lipinski definition) is 0. The number of pyridine rings is 1. The van der Waals surface area contributed by atoms with Crippen LogP contribution < -0.4 is 0 Å². The van der Waals surface area contributed by atoms with E-state index in [1.807, 2.05) is 0 Å². The van der Waals surface area contributed by atoms with Crippen LogP contribution in [0.5, 0.6) is 0 Å². The van der Waals surface area contributed by atoms with Crippen molar-refractivity contribution >= 4 is 10.0 Å². The summed E-state index contributed by atoms with van der Waals surface area (Å²) in [7, 11) is -3.85. The highest BCUT2D eigenvalue weighted by atomic mass is 32.2. The summed E-state index contributed by atoms with van der Waals surface area (Å²) in [6, 6.07) is 6.21. The fraction of sp³-hybridized carbons (Fsp3) is 0.267. The van der Waals surface area contributed by atoms with E-state index in [-0.39, 0.29) is 18.0 Å². The van der Waals surface area contributed by atoms with E-state index in [1.165, 1.54) is 4.31 Å². The Labute approximate surface area is 128 Å². The van der Waals surface area contributed by atoms with Crippen molar-refractivity contribution in [1.29, 1.82) is 0 Å². The van der Waals surface area contributed by atoms with Gasteiger partial charge in [0.25, 0.3) is 0 Å². The Bertz CT molecular complexity index is 736. The minimum Gasteiger partial charge on any atom is -0.265 e. The maximum atomic E-state index is 13.3. The molecule has 1 heterocycles. The van der Waals surface area contributed by atoms with E-state index >= 15 is 0 Å². The van der Waals surface area contributed by atoms with Crippen LogP contribution in [0.3, 0.4) is 0 Å². The van der Waals surface area contributed by atoms with Crippen molar-refractivity contribution in [2.75, 3.05) is 13.1 Å². The highest BCUT2D eigenvalue weighted by molar-refractivity contribution is 7.89. The average Bonchev–Trinajstić information content (AvgIpc) is 2.51. The third kappa shape index (κ3) is 3.66. The maximum absolute atomic E-state index is 13.3. The molecule has 0 spiro atoms. The third-order valence-electron chi connectivity index (χ3n) is 3.28. The summed E-state index contributed by atoms with van der Waals surface area (Å²) in [5.41, 5.74) is 0.953. The van der Waals surface area contributed by atoms with Gasteiger partial charge in [0, 0.05) is 25.5 Å². The lowest BCUT2D eigenvalue weighted by atomic mass is 10.2. The van der Waals surface area contributed by atoms with E-state index in [0.717, 1.165) is 17.7 Å². The zero-order valence-corrected chi connectivity index (χ0v) is 12.9. The molecule has 22 heavy (non-hydrogen) atoms. The summed E-state index contributed by atoms with van der Waals surface area (Å²) in [5, 5.41) is 0. The molecule has 1 aromatic heterocycles. The van der Waals surface area contributed by atoms with Gasteiger partial charge in [-0.15, -0.1) is 0 Å². The molecule has 0 bridgehead atoms. The first-order chi connectivity index (χ1) is 10.4. The molecule has 4 nitrogen and oxygen atoms in total. The Kier molecular flexibility index (Phi) is 5.20. The molecule has 7 heteroatoms. The van der Waals surface area contributed by atoms with Crippen molar-refractivity contribution in [3.8, 4) is 0 Å². The van der Waals surface area contributed by atoms with Crippen LogP contribution in [0.1, 0.15) is 12.5 Å². The maximum Gasteiger partial charge on any atom is 0.243 e. The first-order valence-corrected chi connectivity index (χ1v) is 8.23. The molecule has 2 aromatic rings. The quantitative estimate of drug-likeness (QED) is 0.820. The van der Waals surface area contributed by atoms with Crippen LogP contribution in [-0.2, 0) is 16.4 Å². The number of hydrogen-bond acceptors (Lipinski definition) is 3. The Morgan fingerprint density at radius 3 is 2.36 bits per heavy atom. The number of rotatable bonds is 6. The monoisotopic (exact) mass is 326 g/mol. The molecule has 0 aliphatic carbocycles. The van der Waals surface area contributed by atoms with Crippen LogP contribution in [0.4, 0.5) is 8.78 Å². The Hall–Kier alpha value is -1.86. The van der Waals surface area contributed by atoms with Gasteiger partial charge in [-0.3, -0.25) is 4.98 Å². The summed E-state index contributed by atoms with van der Waals surface area (Å²) < 4.78 is 52.4. The Morgan fingerprint density at radius 2 is 1.77 bits per heavy atom. The van der Waals surface area contributed by atoms with E-state index < -0.39 is 21.7 Å². The predicted molar refractivity (Wildman–Crippen MR) is 78.7 cm³/mol. The van der Waals surface area contributed by atoms with Crippen molar-refractivity contribution in [2.45, 2.75) is 18.2 Å². The lowest BCUT2D eigenvalue weighted by Crippen LogP contribution is -2.33. The Morgan fingerprint density at radius 1 is 1.09 bits per heavy atom. The number of benzene rings is 1. The van der Waals surface area contributed by atoms with E-state index in [2.05, 4.69) is 4.98 Å². The topological polar surface area (TPSA) is 50.3 Å². The molecular formula is C15H16F2N2O2S. The van der Waals surface area contributed by atoms with E-state index in [9.17, 15) is 17.2 Å². The average molecular weight is 326 g/mol. The van der Waals surface area contributed by atoms with Gasteiger partial charge in [-0.25, -0.2) is 17.2 Å². The van der Waals surface area contributed by atoms with Gasteiger partial charge in [-0.2, -0.15) is 4.31 Å². The third-order valence-corrected chi connectivity index (χ3v) is 5.25. The molecule has 1 aromatic carbocycles. The second kappa shape index (κ2) is 6.93. The number of nitrogens with zero attached hydrogens (tertiary/aromatic N) is 2. The molecule has 0 saturated heterocycles. The lowest BCUT2D eigenvalue weighted by molar-refractivity contribution is 0.429. The molecule has 0 saturated carbocycles. The minimum atomic E-state index is -3.85. The van der Waals surface area contributed by atoms with Gasteiger partial charge in [-0.1, -0.05) is 6.92 Å². The lowest BCUT2D eigenvalue weighted by Gasteiger charge is -2.20. The van der Waals surface area contributed by atoms with Crippen LogP contribution in [0.25, 0.3) is 0 Å². The second-order valence-corrected chi connectivity index (χ2v) is 6.62. The molecule has 0 fully saturated rings. The van der Waals surface area contributed by atoms with Crippen LogP contribution >= 0.6 is 0 Å². The van der Waals surface area contributed by atoms with Crippen molar-refractivity contribution in [3.63, 3.8) is 0 Å². The number of halogens is 2. The normalized spacial score (nSPS) is 11.8. The van der Waals surface area contributed by atoms with Crippen LogP contribution in [-0.4, -0.2) is 30.8 Å². The Balaban J connectivity index is 2.19. The summed E-state index contributed by atoms with van der Waals surface area (Å²) in [6.07, 6.45) is 3.78. The fourth-order valence-electron chi connectivity index (χ4n) is 2.04. The number of sulfonamides is 1. The van der Waals surface area contributed by atoms with E-state index in [1.54, 1.807) is 31.5 Å². The van der Waals surface area contributed by atoms with Gasteiger partial charge in [0.05, 0.1) is 4.90 Å². The van der Waals surface area contributed by atoms with Gasteiger partial charge in [0.1, 0.15) is 0 Å². The van der Waals surface area contributed by atoms with Gasteiger partial charge in [0.15, 0.2) is 11.6 Å². The molecular weight excluding hydrogens is 310 g/mol.